The first-order valence-electron chi connectivity index (χ1n) is 13.5. The van der Waals surface area contributed by atoms with Gasteiger partial charge in [0.05, 0.1) is 35.0 Å². The van der Waals surface area contributed by atoms with Crippen molar-refractivity contribution >= 4 is 19.5 Å². The van der Waals surface area contributed by atoms with Crippen LogP contribution in [0.4, 0.5) is 0 Å². The summed E-state index contributed by atoms with van der Waals surface area (Å²) in [5.74, 6) is 1.31. The van der Waals surface area contributed by atoms with Gasteiger partial charge in [-0.2, -0.15) is 0 Å². The van der Waals surface area contributed by atoms with E-state index in [2.05, 4.69) is 28.1 Å². The maximum atomic E-state index is 12.4. The molecule has 1 unspecified atom stereocenters. The quantitative estimate of drug-likeness (QED) is 0.0803. The maximum Gasteiger partial charge on any atom is 0.303 e. The third kappa shape index (κ3) is 23.1. The summed E-state index contributed by atoms with van der Waals surface area (Å²) in [7, 11) is 4.70. The highest BCUT2D eigenvalue weighted by Crippen LogP contribution is 2.16. The minimum absolute atomic E-state index is 0.279. The highest BCUT2D eigenvalue weighted by atomic mass is 31.1. The molecule has 0 radical (unpaired) electrons. The Morgan fingerprint density at radius 1 is 0.879 bits per heavy atom. The number of quaternary nitrogens is 1. The van der Waals surface area contributed by atoms with Crippen LogP contribution in [-0.4, -0.2) is 68.9 Å². The Kier molecular flexibility index (Phi) is 20.6. The average Bonchev–Trinajstić information content (AvgIpc) is 2.73. The molecule has 0 aliphatic carbocycles. The van der Waals surface area contributed by atoms with E-state index in [1.165, 1.54) is 90.4 Å². The zero-order valence-electron chi connectivity index (χ0n) is 22.8. The fraction of sp³-hybridized carbons (Fsp3) is 0.926. The normalized spacial score (nSPS) is 14.3. The second kappa shape index (κ2) is 20.9. The molecule has 0 aromatic heterocycles. The molecule has 0 aliphatic heterocycles. The number of rotatable bonds is 22. The van der Waals surface area contributed by atoms with Crippen LogP contribution < -0.4 is 4.89 Å². The van der Waals surface area contributed by atoms with E-state index < -0.39 is 13.9 Å². The van der Waals surface area contributed by atoms with Crippen molar-refractivity contribution in [2.75, 3.05) is 40.5 Å². The largest absolute Gasteiger partial charge is 0.630 e. The van der Waals surface area contributed by atoms with Gasteiger partial charge in [0.2, 0.25) is 0 Å². The Balaban J connectivity index is 3.87. The molecule has 3 atom stereocenters. The molecule has 0 heterocycles. The van der Waals surface area contributed by atoms with Crippen LogP contribution in [-0.2, 0) is 14.3 Å². The van der Waals surface area contributed by atoms with Crippen LogP contribution in [0, 0.1) is 0 Å². The van der Waals surface area contributed by atoms with Crippen LogP contribution >= 0.6 is 7.77 Å². The standard InChI is InChI=1S/C27H55NO4P/c1-7-8-9-10-11-12-13-14-15-16-17-18-19-20-22-31-25(2)27(32-26(3)29)24-33(30)23-21-28(4,5)6/h24-25,27H,7-23H2,1-6H3/q+1/t25-,27+/m0/s1. The Labute approximate surface area is 206 Å². The van der Waals surface area contributed by atoms with Gasteiger partial charge in [-0.3, -0.25) is 4.79 Å². The summed E-state index contributed by atoms with van der Waals surface area (Å²) in [6, 6.07) is 0. The summed E-state index contributed by atoms with van der Waals surface area (Å²) >= 11 is 0. The third-order valence-electron chi connectivity index (χ3n) is 5.95. The highest BCUT2D eigenvalue weighted by Gasteiger charge is 2.23. The van der Waals surface area contributed by atoms with E-state index in [9.17, 15) is 9.69 Å². The van der Waals surface area contributed by atoms with Crippen molar-refractivity contribution < 1.29 is 23.6 Å². The molecule has 0 aliphatic rings. The number of nitrogens with zero attached hydrogens (tertiary/aromatic N) is 1. The molecule has 0 N–H and O–H groups in total. The van der Waals surface area contributed by atoms with E-state index in [1.807, 2.05) is 6.92 Å². The van der Waals surface area contributed by atoms with Crippen molar-refractivity contribution in [3.8, 4) is 0 Å². The molecule has 0 amide bonds. The molecule has 5 nitrogen and oxygen atoms in total. The number of carbonyl (C=O) groups is 1. The lowest BCUT2D eigenvalue weighted by Gasteiger charge is -2.23. The van der Waals surface area contributed by atoms with Gasteiger partial charge in [0.15, 0.2) is 12.3 Å². The predicted molar refractivity (Wildman–Crippen MR) is 142 cm³/mol. The van der Waals surface area contributed by atoms with Crippen LogP contribution in [0.5, 0.6) is 0 Å². The molecular formula is C27H55NO4P+. The summed E-state index contributed by atoms with van der Waals surface area (Å²) in [4.78, 5) is 23.9. The topological polar surface area (TPSA) is 58.6 Å². The predicted octanol–water partition coefficient (Wildman–Crippen LogP) is 6.07. The lowest BCUT2D eigenvalue weighted by molar-refractivity contribution is -0.867. The Hall–Kier alpha value is -0.480. The van der Waals surface area contributed by atoms with Gasteiger partial charge in [0.25, 0.3) is 0 Å². The molecule has 0 fully saturated rings. The lowest BCUT2D eigenvalue weighted by Crippen LogP contribution is -2.37. The third-order valence-corrected chi connectivity index (χ3v) is 7.21. The summed E-state index contributed by atoms with van der Waals surface area (Å²) in [5.41, 5.74) is 0. The Bertz CT molecular complexity index is 505. The fourth-order valence-corrected chi connectivity index (χ4v) is 5.31. The minimum atomic E-state index is -1.53. The first-order chi connectivity index (χ1) is 15.7. The number of ether oxygens (including phenoxy) is 2. The van der Waals surface area contributed by atoms with Crippen molar-refractivity contribution in [3.63, 3.8) is 0 Å². The van der Waals surface area contributed by atoms with Gasteiger partial charge in [0.1, 0.15) is 12.3 Å². The molecule has 6 heteroatoms. The molecule has 0 saturated heterocycles. The second-order valence-electron chi connectivity index (χ2n) is 10.5. The van der Waals surface area contributed by atoms with Gasteiger partial charge in [0, 0.05) is 13.5 Å². The van der Waals surface area contributed by atoms with Gasteiger partial charge >= 0.3 is 5.97 Å². The van der Waals surface area contributed by atoms with Crippen LogP contribution in [0.3, 0.4) is 0 Å². The van der Waals surface area contributed by atoms with Crippen molar-refractivity contribution in [1.82, 2.24) is 0 Å². The molecule has 0 aromatic rings. The first-order valence-corrected chi connectivity index (χ1v) is 15.0. The van der Waals surface area contributed by atoms with Crippen LogP contribution in [0.25, 0.3) is 0 Å². The molecule has 0 bridgehead atoms. The first kappa shape index (κ1) is 32.5. The zero-order valence-corrected chi connectivity index (χ0v) is 23.7. The SMILES string of the molecule is CCCCCCCCCCCCCCCCO[C@@H](C)[C@@H](/C=[P+](\[O-])CC[N+](C)(C)C)OC(C)=O. The van der Waals surface area contributed by atoms with Gasteiger partial charge < -0.3 is 18.9 Å². The molecule has 33 heavy (non-hydrogen) atoms. The summed E-state index contributed by atoms with van der Waals surface area (Å²) < 4.78 is 12.1. The smallest absolute Gasteiger partial charge is 0.303 e. The van der Waals surface area contributed by atoms with E-state index in [-0.39, 0.29) is 12.1 Å². The van der Waals surface area contributed by atoms with Gasteiger partial charge in [-0.15, -0.1) is 0 Å². The van der Waals surface area contributed by atoms with Gasteiger partial charge in [-0.25, -0.2) is 0 Å². The molecular weight excluding hydrogens is 433 g/mol. The van der Waals surface area contributed by atoms with E-state index in [1.54, 1.807) is 5.80 Å². The fourth-order valence-electron chi connectivity index (χ4n) is 3.74. The molecule has 0 rings (SSSR count). The van der Waals surface area contributed by atoms with Crippen molar-refractivity contribution in [1.29, 1.82) is 0 Å². The lowest BCUT2D eigenvalue weighted by atomic mass is 10.0. The van der Waals surface area contributed by atoms with E-state index >= 15 is 0 Å². The van der Waals surface area contributed by atoms with Crippen molar-refractivity contribution in [2.24, 2.45) is 0 Å². The van der Waals surface area contributed by atoms with Gasteiger partial charge in [-0.05, 0) is 13.3 Å². The number of hydrogen-bond acceptors (Lipinski definition) is 4. The van der Waals surface area contributed by atoms with Crippen LogP contribution in [0.2, 0.25) is 0 Å². The van der Waals surface area contributed by atoms with E-state index in [0.717, 1.165) is 17.4 Å². The molecule has 0 saturated carbocycles. The van der Waals surface area contributed by atoms with E-state index in [0.29, 0.717) is 12.8 Å². The monoisotopic (exact) mass is 488 g/mol. The number of esters is 1. The van der Waals surface area contributed by atoms with Crippen molar-refractivity contribution in [2.45, 2.75) is 123 Å². The zero-order chi connectivity index (χ0) is 25.0. The highest BCUT2D eigenvalue weighted by molar-refractivity contribution is 7.50. The minimum Gasteiger partial charge on any atom is -0.630 e. The number of hydrogen-bond donors (Lipinski definition) is 0. The number of unbranched alkanes of at least 4 members (excludes halogenated alkanes) is 13. The number of carbonyl (C=O) groups excluding carboxylic acids is 1. The molecule has 0 aromatic carbocycles. The Morgan fingerprint density at radius 3 is 1.76 bits per heavy atom. The summed E-state index contributed by atoms with van der Waals surface area (Å²) in [6.45, 7) is 7.03. The van der Waals surface area contributed by atoms with Crippen molar-refractivity contribution in [3.05, 3.63) is 0 Å². The van der Waals surface area contributed by atoms with E-state index in [4.69, 9.17) is 9.47 Å². The van der Waals surface area contributed by atoms with Crippen LogP contribution in [0.15, 0.2) is 0 Å². The summed E-state index contributed by atoms with van der Waals surface area (Å²) in [6.07, 6.45) is 18.4. The maximum absolute atomic E-state index is 12.4. The van der Waals surface area contributed by atoms with Crippen LogP contribution in [0.1, 0.15) is 111 Å². The Morgan fingerprint density at radius 2 is 1.33 bits per heavy atom. The molecule has 0 spiro atoms. The summed E-state index contributed by atoms with van der Waals surface area (Å²) in [5, 5.41) is 0. The van der Waals surface area contributed by atoms with Gasteiger partial charge in [-0.1, -0.05) is 90.4 Å². The second-order valence-corrected chi connectivity index (χ2v) is 12.1. The average molecular weight is 489 g/mol. The molecule has 196 valence electrons.